The highest BCUT2D eigenvalue weighted by Gasteiger charge is 2.44. The number of carbonyl (C=O) groups is 1. The Morgan fingerprint density at radius 2 is 2.05 bits per heavy atom. The average molecular weight is 261 g/mol. The SMILES string of the molecule is CN1c2cc(O)ccc2C(C(=O)O)C2CCCCC21. The van der Waals surface area contributed by atoms with E-state index in [0.29, 0.717) is 0 Å². The number of carboxylic acids is 1. The number of rotatable bonds is 1. The Labute approximate surface area is 112 Å². The molecule has 0 bridgehead atoms. The van der Waals surface area contributed by atoms with Gasteiger partial charge in [-0.1, -0.05) is 18.9 Å². The fourth-order valence-corrected chi connectivity index (χ4v) is 3.84. The molecule has 3 unspecified atom stereocenters. The van der Waals surface area contributed by atoms with Crippen LogP contribution < -0.4 is 4.90 Å². The quantitative estimate of drug-likeness (QED) is 0.815. The first kappa shape index (κ1) is 12.3. The van der Waals surface area contributed by atoms with Crippen LogP contribution in [0.4, 0.5) is 5.69 Å². The standard InChI is InChI=1S/C15H19NO3/c1-16-12-5-3-2-4-10(12)14(15(18)19)11-7-6-9(17)8-13(11)16/h6-8,10,12,14,17H,2-5H2,1H3,(H,18,19). The molecule has 3 rings (SSSR count). The van der Waals surface area contributed by atoms with Crippen molar-refractivity contribution in [2.45, 2.75) is 37.6 Å². The van der Waals surface area contributed by atoms with Crippen LogP contribution in [0, 0.1) is 5.92 Å². The molecule has 19 heavy (non-hydrogen) atoms. The number of nitrogens with zero attached hydrogens (tertiary/aromatic N) is 1. The van der Waals surface area contributed by atoms with Gasteiger partial charge in [0.15, 0.2) is 0 Å². The van der Waals surface area contributed by atoms with E-state index in [-0.39, 0.29) is 17.7 Å². The molecule has 1 aromatic rings. The van der Waals surface area contributed by atoms with Crippen LogP contribution in [0.3, 0.4) is 0 Å². The van der Waals surface area contributed by atoms with Crippen molar-refractivity contribution in [3.05, 3.63) is 23.8 Å². The molecular formula is C15H19NO3. The summed E-state index contributed by atoms with van der Waals surface area (Å²) >= 11 is 0. The lowest BCUT2D eigenvalue weighted by molar-refractivity contribution is -0.141. The lowest BCUT2D eigenvalue weighted by Crippen LogP contribution is -2.48. The Morgan fingerprint density at radius 1 is 1.32 bits per heavy atom. The third-order valence-corrected chi connectivity index (χ3v) is 4.70. The lowest BCUT2D eigenvalue weighted by atomic mass is 9.70. The predicted molar refractivity (Wildman–Crippen MR) is 72.6 cm³/mol. The highest BCUT2D eigenvalue weighted by Crippen LogP contribution is 2.47. The molecule has 1 aromatic carbocycles. The second-order valence-electron chi connectivity index (χ2n) is 5.69. The Kier molecular flexibility index (Phi) is 2.88. The summed E-state index contributed by atoms with van der Waals surface area (Å²) in [6, 6.07) is 5.33. The topological polar surface area (TPSA) is 60.8 Å². The number of hydrogen-bond acceptors (Lipinski definition) is 3. The van der Waals surface area contributed by atoms with Crippen LogP contribution in [0.1, 0.15) is 37.2 Å². The smallest absolute Gasteiger partial charge is 0.311 e. The van der Waals surface area contributed by atoms with E-state index in [0.717, 1.165) is 36.9 Å². The Hall–Kier alpha value is -1.71. The first-order chi connectivity index (χ1) is 9.09. The number of aliphatic carboxylic acids is 1. The maximum Gasteiger partial charge on any atom is 0.311 e. The van der Waals surface area contributed by atoms with Crippen LogP contribution in [-0.2, 0) is 4.79 Å². The van der Waals surface area contributed by atoms with Crippen molar-refractivity contribution in [2.24, 2.45) is 5.92 Å². The molecule has 1 heterocycles. The van der Waals surface area contributed by atoms with Gasteiger partial charge in [0.2, 0.25) is 0 Å². The lowest BCUT2D eigenvalue weighted by Gasteiger charge is -2.47. The van der Waals surface area contributed by atoms with Crippen LogP contribution in [0.5, 0.6) is 5.75 Å². The zero-order chi connectivity index (χ0) is 13.6. The number of anilines is 1. The van der Waals surface area contributed by atoms with Crippen molar-refractivity contribution >= 4 is 11.7 Å². The van der Waals surface area contributed by atoms with Crippen molar-refractivity contribution < 1.29 is 15.0 Å². The number of phenols is 1. The van der Waals surface area contributed by atoms with Crippen molar-refractivity contribution in [1.29, 1.82) is 0 Å². The van der Waals surface area contributed by atoms with E-state index in [4.69, 9.17) is 0 Å². The molecule has 1 aliphatic carbocycles. The van der Waals surface area contributed by atoms with E-state index < -0.39 is 11.9 Å². The fourth-order valence-electron chi connectivity index (χ4n) is 3.84. The van der Waals surface area contributed by atoms with Gasteiger partial charge in [0, 0.05) is 24.8 Å². The minimum absolute atomic E-state index is 0.188. The third kappa shape index (κ3) is 1.86. The maximum absolute atomic E-state index is 11.7. The van der Waals surface area contributed by atoms with E-state index in [1.165, 1.54) is 0 Å². The average Bonchev–Trinajstić information content (AvgIpc) is 2.39. The minimum atomic E-state index is -0.739. The fraction of sp³-hybridized carbons (Fsp3) is 0.533. The molecule has 3 atom stereocenters. The Morgan fingerprint density at radius 3 is 2.79 bits per heavy atom. The molecule has 0 aromatic heterocycles. The molecule has 1 fully saturated rings. The van der Waals surface area contributed by atoms with Crippen LogP contribution in [0.2, 0.25) is 0 Å². The Balaban J connectivity index is 2.13. The molecule has 4 heteroatoms. The number of aromatic hydroxyl groups is 1. The monoisotopic (exact) mass is 261 g/mol. The minimum Gasteiger partial charge on any atom is -0.508 e. The van der Waals surface area contributed by atoms with Crippen LogP contribution >= 0.6 is 0 Å². The largest absolute Gasteiger partial charge is 0.508 e. The second kappa shape index (κ2) is 4.44. The zero-order valence-electron chi connectivity index (χ0n) is 11.0. The molecule has 1 saturated carbocycles. The van der Waals surface area contributed by atoms with Crippen LogP contribution in [0.15, 0.2) is 18.2 Å². The summed E-state index contributed by atoms with van der Waals surface area (Å²) < 4.78 is 0. The third-order valence-electron chi connectivity index (χ3n) is 4.70. The van der Waals surface area contributed by atoms with E-state index in [1.807, 2.05) is 7.05 Å². The normalized spacial score (nSPS) is 29.5. The molecule has 0 saturated heterocycles. The van der Waals surface area contributed by atoms with E-state index in [1.54, 1.807) is 18.2 Å². The summed E-state index contributed by atoms with van der Waals surface area (Å²) in [7, 11) is 2.01. The summed E-state index contributed by atoms with van der Waals surface area (Å²) in [4.78, 5) is 13.8. The number of fused-ring (bicyclic) bond motifs is 2. The molecule has 1 aliphatic heterocycles. The number of carboxylic acid groups (broad SMARTS) is 1. The van der Waals surface area contributed by atoms with Gasteiger partial charge in [-0.05, 0) is 30.4 Å². The molecule has 0 amide bonds. The molecule has 2 aliphatic rings. The molecule has 0 spiro atoms. The number of phenolic OH excluding ortho intramolecular Hbond substituents is 1. The summed E-state index contributed by atoms with van der Waals surface area (Å²) in [5.74, 6) is -0.786. The van der Waals surface area contributed by atoms with Crippen molar-refractivity contribution in [2.75, 3.05) is 11.9 Å². The van der Waals surface area contributed by atoms with Gasteiger partial charge in [-0.3, -0.25) is 4.79 Å². The van der Waals surface area contributed by atoms with Crippen molar-refractivity contribution in [3.8, 4) is 5.75 Å². The van der Waals surface area contributed by atoms with E-state index in [9.17, 15) is 15.0 Å². The molecule has 0 radical (unpaired) electrons. The van der Waals surface area contributed by atoms with Gasteiger partial charge in [-0.25, -0.2) is 0 Å². The summed E-state index contributed by atoms with van der Waals surface area (Å²) in [5, 5.41) is 19.3. The molecule has 4 nitrogen and oxygen atoms in total. The van der Waals surface area contributed by atoms with Crippen LogP contribution in [0.25, 0.3) is 0 Å². The second-order valence-corrected chi connectivity index (χ2v) is 5.69. The molecule has 2 N–H and O–H groups in total. The summed E-state index contributed by atoms with van der Waals surface area (Å²) in [5.41, 5.74) is 1.71. The summed E-state index contributed by atoms with van der Waals surface area (Å²) in [6.45, 7) is 0. The predicted octanol–water partition coefficient (Wildman–Crippen LogP) is 2.57. The zero-order valence-corrected chi connectivity index (χ0v) is 11.0. The van der Waals surface area contributed by atoms with Gasteiger partial charge >= 0.3 is 5.97 Å². The van der Waals surface area contributed by atoms with Crippen LogP contribution in [-0.4, -0.2) is 29.3 Å². The first-order valence-electron chi connectivity index (χ1n) is 6.88. The van der Waals surface area contributed by atoms with E-state index in [2.05, 4.69) is 4.90 Å². The van der Waals surface area contributed by atoms with Gasteiger partial charge in [-0.15, -0.1) is 0 Å². The highest BCUT2D eigenvalue weighted by atomic mass is 16.4. The molecule has 102 valence electrons. The number of benzene rings is 1. The van der Waals surface area contributed by atoms with Crippen molar-refractivity contribution in [3.63, 3.8) is 0 Å². The van der Waals surface area contributed by atoms with Crippen molar-refractivity contribution in [1.82, 2.24) is 0 Å². The molecular weight excluding hydrogens is 242 g/mol. The van der Waals surface area contributed by atoms with Gasteiger partial charge in [0.1, 0.15) is 5.75 Å². The van der Waals surface area contributed by atoms with Gasteiger partial charge < -0.3 is 15.1 Å². The number of hydrogen-bond donors (Lipinski definition) is 2. The summed E-state index contributed by atoms with van der Waals surface area (Å²) in [6.07, 6.45) is 4.30. The van der Waals surface area contributed by atoms with Gasteiger partial charge in [0.05, 0.1) is 5.92 Å². The van der Waals surface area contributed by atoms with Gasteiger partial charge in [0.25, 0.3) is 0 Å². The van der Waals surface area contributed by atoms with E-state index >= 15 is 0 Å². The highest BCUT2D eigenvalue weighted by molar-refractivity contribution is 5.81. The van der Waals surface area contributed by atoms with Gasteiger partial charge in [-0.2, -0.15) is 0 Å². The first-order valence-corrected chi connectivity index (χ1v) is 6.88. The maximum atomic E-state index is 11.7. The Bertz CT molecular complexity index is 514.